The van der Waals surface area contributed by atoms with E-state index < -0.39 is 11.4 Å². The molecule has 3 aromatic heterocycles. The highest BCUT2D eigenvalue weighted by atomic mass is 32.1. The lowest BCUT2D eigenvalue weighted by Gasteiger charge is -2.20. The zero-order valence-corrected chi connectivity index (χ0v) is 16.9. The molecule has 1 N–H and O–H groups in total. The first-order valence-electron chi connectivity index (χ1n) is 9.25. The van der Waals surface area contributed by atoms with Gasteiger partial charge in [0.1, 0.15) is 0 Å². The fourth-order valence-electron chi connectivity index (χ4n) is 3.60. The molecule has 146 valence electrons. The summed E-state index contributed by atoms with van der Waals surface area (Å²) in [5, 5.41) is 16.6. The van der Waals surface area contributed by atoms with Crippen LogP contribution in [-0.4, -0.2) is 49.7 Å². The van der Waals surface area contributed by atoms with E-state index in [0.29, 0.717) is 29.6 Å². The normalized spacial score (nSPS) is 19.6. The summed E-state index contributed by atoms with van der Waals surface area (Å²) < 4.78 is 1.81. The van der Waals surface area contributed by atoms with Crippen molar-refractivity contribution in [3.8, 4) is 10.6 Å². The molecule has 1 atom stereocenters. The lowest BCUT2D eigenvalue weighted by Crippen LogP contribution is -2.35. The third kappa shape index (κ3) is 2.97. The number of rotatable bonds is 4. The molecule has 0 saturated carbocycles. The second-order valence-corrected chi connectivity index (χ2v) is 8.74. The second-order valence-electron chi connectivity index (χ2n) is 7.80. The van der Waals surface area contributed by atoms with Crippen molar-refractivity contribution in [2.75, 3.05) is 13.1 Å². The molecule has 3 aromatic rings. The number of thiophene rings is 1. The maximum Gasteiger partial charge on any atom is 0.311 e. The van der Waals surface area contributed by atoms with E-state index in [9.17, 15) is 14.7 Å². The van der Waals surface area contributed by atoms with Crippen LogP contribution in [0.4, 0.5) is 0 Å². The minimum absolute atomic E-state index is 0.105. The third-order valence-electron chi connectivity index (χ3n) is 5.34. The van der Waals surface area contributed by atoms with E-state index in [1.807, 2.05) is 36.0 Å². The Balaban J connectivity index is 1.82. The molecule has 1 unspecified atom stereocenters. The van der Waals surface area contributed by atoms with E-state index in [0.717, 1.165) is 10.6 Å². The van der Waals surface area contributed by atoms with Gasteiger partial charge in [-0.2, -0.15) is 5.10 Å². The van der Waals surface area contributed by atoms with Gasteiger partial charge in [0.15, 0.2) is 5.65 Å². The number of carboxylic acids is 1. The second kappa shape index (κ2) is 6.70. The molecule has 0 radical (unpaired) electrons. The quantitative estimate of drug-likeness (QED) is 0.724. The molecule has 8 heteroatoms. The zero-order chi connectivity index (χ0) is 20.1. The van der Waals surface area contributed by atoms with E-state index in [-0.39, 0.29) is 18.5 Å². The van der Waals surface area contributed by atoms with Crippen LogP contribution in [-0.2, 0) is 4.79 Å². The van der Waals surface area contributed by atoms with Gasteiger partial charge in [-0.05, 0) is 44.7 Å². The number of aromatic nitrogens is 3. The summed E-state index contributed by atoms with van der Waals surface area (Å²) in [6, 6.07) is 5.83. The molecule has 4 rings (SSSR count). The molecule has 1 saturated heterocycles. The van der Waals surface area contributed by atoms with Gasteiger partial charge in [-0.3, -0.25) is 9.59 Å². The average Bonchev–Trinajstić information content (AvgIpc) is 3.39. The van der Waals surface area contributed by atoms with E-state index in [1.54, 1.807) is 35.4 Å². The van der Waals surface area contributed by atoms with Crippen LogP contribution >= 0.6 is 11.3 Å². The molecule has 28 heavy (non-hydrogen) atoms. The molecule has 1 aliphatic rings. The van der Waals surface area contributed by atoms with Gasteiger partial charge in [-0.1, -0.05) is 6.07 Å². The molecule has 1 fully saturated rings. The minimum Gasteiger partial charge on any atom is -0.481 e. The molecule has 0 aliphatic carbocycles. The Morgan fingerprint density at radius 3 is 2.75 bits per heavy atom. The monoisotopic (exact) mass is 398 g/mol. The Morgan fingerprint density at radius 2 is 2.14 bits per heavy atom. The SMILES string of the molecule is CC(C)n1ncc2c(C(=O)N3CCC(C)(C(=O)O)C3)cc(-c3cccs3)nc21. The maximum atomic E-state index is 13.3. The number of carboxylic acid groups (broad SMARTS) is 1. The summed E-state index contributed by atoms with van der Waals surface area (Å²) >= 11 is 1.56. The maximum absolute atomic E-state index is 13.3. The number of fused-ring (bicyclic) bond motifs is 1. The lowest BCUT2D eigenvalue weighted by molar-refractivity contribution is -0.147. The summed E-state index contributed by atoms with van der Waals surface area (Å²) in [5.41, 5.74) is 1.02. The van der Waals surface area contributed by atoms with Crippen LogP contribution in [0.3, 0.4) is 0 Å². The number of pyridine rings is 1. The zero-order valence-electron chi connectivity index (χ0n) is 16.0. The number of nitrogens with zero attached hydrogens (tertiary/aromatic N) is 4. The van der Waals surface area contributed by atoms with Crippen molar-refractivity contribution in [2.45, 2.75) is 33.2 Å². The van der Waals surface area contributed by atoms with Gasteiger partial charge in [0, 0.05) is 19.1 Å². The molecular weight excluding hydrogens is 376 g/mol. The summed E-state index contributed by atoms with van der Waals surface area (Å²) in [6.45, 7) is 6.37. The molecule has 0 spiro atoms. The van der Waals surface area contributed by atoms with Gasteiger partial charge < -0.3 is 10.0 Å². The van der Waals surface area contributed by atoms with E-state index >= 15 is 0 Å². The van der Waals surface area contributed by atoms with Crippen LogP contribution in [0.15, 0.2) is 29.8 Å². The van der Waals surface area contributed by atoms with Crippen molar-refractivity contribution < 1.29 is 14.7 Å². The number of hydrogen-bond donors (Lipinski definition) is 1. The van der Waals surface area contributed by atoms with Crippen LogP contribution < -0.4 is 0 Å². The summed E-state index contributed by atoms with van der Waals surface area (Å²) in [4.78, 5) is 32.3. The van der Waals surface area contributed by atoms with Crippen LogP contribution in [0.5, 0.6) is 0 Å². The van der Waals surface area contributed by atoms with Crippen LogP contribution in [0.1, 0.15) is 43.6 Å². The number of likely N-dealkylation sites (tertiary alicyclic amines) is 1. The summed E-state index contributed by atoms with van der Waals surface area (Å²) in [5.74, 6) is -1.03. The van der Waals surface area contributed by atoms with E-state index in [4.69, 9.17) is 4.98 Å². The number of carbonyl (C=O) groups is 2. The number of aliphatic carboxylic acids is 1. The number of carbonyl (C=O) groups excluding carboxylic acids is 1. The van der Waals surface area contributed by atoms with Crippen molar-refractivity contribution in [3.05, 3.63) is 35.3 Å². The van der Waals surface area contributed by atoms with Gasteiger partial charge in [-0.25, -0.2) is 9.67 Å². The molecule has 1 aliphatic heterocycles. The highest BCUT2D eigenvalue weighted by Crippen LogP contribution is 2.34. The largest absolute Gasteiger partial charge is 0.481 e. The van der Waals surface area contributed by atoms with Crippen molar-refractivity contribution in [1.82, 2.24) is 19.7 Å². The Morgan fingerprint density at radius 1 is 1.36 bits per heavy atom. The van der Waals surface area contributed by atoms with Crippen molar-refractivity contribution in [3.63, 3.8) is 0 Å². The van der Waals surface area contributed by atoms with Gasteiger partial charge in [0.25, 0.3) is 5.91 Å². The van der Waals surface area contributed by atoms with Gasteiger partial charge in [-0.15, -0.1) is 11.3 Å². The van der Waals surface area contributed by atoms with Gasteiger partial charge >= 0.3 is 5.97 Å². The van der Waals surface area contributed by atoms with E-state index in [1.165, 1.54) is 0 Å². The summed E-state index contributed by atoms with van der Waals surface area (Å²) in [7, 11) is 0. The molecule has 1 amide bonds. The first-order chi connectivity index (χ1) is 13.3. The number of hydrogen-bond acceptors (Lipinski definition) is 5. The van der Waals surface area contributed by atoms with Gasteiger partial charge in [0.05, 0.1) is 33.1 Å². The predicted octanol–water partition coefficient (Wildman–Crippen LogP) is 3.68. The lowest BCUT2D eigenvalue weighted by atomic mass is 9.90. The Labute approximate surface area is 166 Å². The fraction of sp³-hybridized carbons (Fsp3) is 0.400. The fourth-order valence-corrected chi connectivity index (χ4v) is 4.29. The van der Waals surface area contributed by atoms with Crippen LogP contribution in [0, 0.1) is 5.41 Å². The van der Waals surface area contributed by atoms with Crippen molar-refractivity contribution in [2.24, 2.45) is 5.41 Å². The van der Waals surface area contributed by atoms with Crippen LogP contribution in [0.2, 0.25) is 0 Å². The minimum atomic E-state index is -0.902. The first kappa shape index (κ1) is 18.6. The summed E-state index contributed by atoms with van der Waals surface area (Å²) in [6.07, 6.45) is 2.13. The van der Waals surface area contributed by atoms with Gasteiger partial charge in [0.2, 0.25) is 0 Å². The third-order valence-corrected chi connectivity index (χ3v) is 6.23. The van der Waals surface area contributed by atoms with Crippen molar-refractivity contribution in [1.29, 1.82) is 0 Å². The molecule has 7 nitrogen and oxygen atoms in total. The highest BCUT2D eigenvalue weighted by Gasteiger charge is 2.42. The Kier molecular flexibility index (Phi) is 4.45. The Hall–Kier alpha value is -2.74. The number of amides is 1. The molecule has 0 aromatic carbocycles. The predicted molar refractivity (Wildman–Crippen MR) is 107 cm³/mol. The average molecular weight is 398 g/mol. The Bertz CT molecular complexity index is 1060. The van der Waals surface area contributed by atoms with Crippen LogP contribution in [0.25, 0.3) is 21.6 Å². The molecular formula is C20H22N4O3S. The van der Waals surface area contributed by atoms with E-state index in [2.05, 4.69) is 5.10 Å². The first-order valence-corrected chi connectivity index (χ1v) is 10.1. The van der Waals surface area contributed by atoms with Crippen molar-refractivity contribution >= 4 is 34.2 Å². The highest BCUT2D eigenvalue weighted by molar-refractivity contribution is 7.13. The molecule has 0 bridgehead atoms. The topological polar surface area (TPSA) is 88.3 Å². The smallest absolute Gasteiger partial charge is 0.311 e. The standard InChI is InChI=1S/C20H22N4O3S/c1-12(2)24-17-14(10-21-24)13(9-15(22-17)16-5-4-8-28-16)18(25)23-7-6-20(3,11-23)19(26)27/h4-5,8-10,12H,6-7,11H2,1-3H3,(H,26,27). The molecule has 4 heterocycles.